The quantitative estimate of drug-likeness (QED) is 0.900. The highest BCUT2D eigenvalue weighted by atomic mass is 19.4. The first kappa shape index (κ1) is 15.6. The molecule has 0 bridgehead atoms. The first-order valence-corrected chi connectivity index (χ1v) is 6.73. The average Bonchev–Trinajstić information content (AvgIpc) is 2.92. The monoisotopic (exact) mass is 302 g/mol. The van der Waals surface area contributed by atoms with Crippen molar-refractivity contribution in [1.82, 2.24) is 10.2 Å². The van der Waals surface area contributed by atoms with Crippen molar-refractivity contribution in [3.63, 3.8) is 0 Å². The number of benzene rings is 1. The van der Waals surface area contributed by atoms with Crippen molar-refractivity contribution < 1.29 is 23.1 Å². The molecule has 1 fully saturated rings. The Morgan fingerprint density at radius 3 is 2.57 bits per heavy atom. The van der Waals surface area contributed by atoms with Gasteiger partial charge in [-0.15, -0.1) is 0 Å². The van der Waals surface area contributed by atoms with Gasteiger partial charge in [0.1, 0.15) is 0 Å². The first-order chi connectivity index (χ1) is 9.91. The van der Waals surface area contributed by atoms with Crippen molar-refractivity contribution >= 4 is 6.03 Å². The maximum absolute atomic E-state index is 12.4. The van der Waals surface area contributed by atoms with Gasteiger partial charge in [0, 0.05) is 13.1 Å². The van der Waals surface area contributed by atoms with Crippen molar-refractivity contribution in [2.45, 2.75) is 31.6 Å². The molecular formula is C14H17F3N2O2. The second-order valence-electron chi connectivity index (χ2n) is 5.03. The van der Waals surface area contributed by atoms with E-state index in [1.165, 1.54) is 12.1 Å². The van der Waals surface area contributed by atoms with Gasteiger partial charge in [-0.3, -0.25) is 0 Å². The number of aliphatic hydroxyl groups excluding tert-OH is 1. The minimum Gasteiger partial charge on any atom is -0.394 e. The largest absolute Gasteiger partial charge is 0.416 e. The third kappa shape index (κ3) is 3.87. The smallest absolute Gasteiger partial charge is 0.394 e. The highest BCUT2D eigenvalue weighted by Crippen LogP contribution is 2.29. The minimum absolute atomic E-state index is 0.0757. The molecule has 116 valence electrons. The molecule has 1 aromatic rings. The molecular weight excluding hydrogens is 285 g/mol. The van der Waals surface area contributed by atoms with Crippen LogP contribution in [0.4, 0.5) is 18.0 Å². The van der Waals surface area contributed by atoms with Crippen LogP contribution in [0.3, 0.4) is 0 Å². The number of hydrogen-bond acceptors (Lipinski definition) is 2. The minimum atomic E-state index is -4.36. The van der Waals surface area contributed by atoms with E-state index in [-0.39, 0.29) is 25.2 Å². The normalized spacial score (nSPS) is 18.9. The van der Waals surface area contributed by atoms with E-state index >= 15 is 0 Å². The highest BCUT2D eigenvalue weighted by molar-refractivity contribution is 5.74. The molecule has 7 heteroatoms. The van der Waals surface area contributed by atoms with Crippen molar-refractivity contribution in [3.8, 4) is 0 Å². The Bertz CT molecular complexity index is 488. The number of halogens is 3. The summed E-state index contributed by atoms with van der Waals surface area (Å²) in [4.78, 5) is 13.5. The first-order valence-electron chi connectivity index (χ1n) is 6.73. The Morgan fingerprint density at radius 2 is 2.00 bits per heavy atom. The van der Waals surface area contributed by atoms with Crippen molar-refractivity contribution in [2.24, 2.45) is 0 Å². The van der Waals surface area contributed by atoms with Gasteiger partial charge in [-0.2, -0.15) is 13.2 Å². The van der Waals surface area contributed by atoms with Gasteiger partial charge in [-0.1, -0.05) is 12.1 Å². The number of carbonyl (C=O) groups excluding carboxylic acids is 1. The lowest BCUT2D eigenvalue weighted by molar-refractivity contribution is -0.137. The van der Waals surface area contributed by atoms with E-state index in [9.17, 15) is 18.0 Å². The molecule has 2 rings (SSSR count). The number of carbonyl (C=O) groups is 1. The zero-order valence-electron chi connectivity index (χ0n) is 11.4. The summed E-state index contributed by atoms with van der Waals surface area (Å²) >= 11 is 0. The van der Waals surface area contributed by atoms with Crippen LogP contribution in [-0.2, 0) is 12.7 Å². The summed E-state index contributed by atoms with van der Waals surface area (Å²) in [5, 5.41) is 11.8. The van der Waals surface area contributed by atoms with Crippen LogP contribution in [0.15, 0.2) is 24.3 Å². The SMILES string of the molecule is O=C(NCc1ccc(C(F)(F)F)cc1)N1CCCC1CO. The number of alkyl halides is 3. The number of rotatable bonds is 3. The molecule has 1 aliphatic heterocycles. The van der Waals surface area contributed by atoms with E-state index in [1.807, 2.05) is 0 Å². The molecule has 0 aromatic heterocycles. The molecule has 1 saturated heterocycles. The second kappa shape index (κ2) is 6.34. The second-order valence-corrected chi connectivity index (χ2v) is 5.03. The molecule has 1 atom stereocenters. The van der Waals surface area contributed by atoms with E-state index < -0.39 is 11.7 Å². The Hall–Kier alpha value is -1.76. The molecule has 2 N–H and O–H groups in total. The van der Waals surface area contributed by atoms with E-state index in [0.29, 0.717) is 12.1 Å². The van der Waals surface area contributed by atoms with Gasteiger partial charge < -0.3 is 15.3 Å². The van der Waals surface area contributed by atoms with E-state index in [4.69, 9.17) is 5.11 Å². The zero-order valence-corrected chi connectivity index (χ0v) is 11.4. The van der Waals surface area contributed by atoms with E-state index in [1.54, 1.807) is 4.90 Å². The van der Waals surface area contributed by atoms with E-state index in [2.05, 4.69) is 5.32 Å². The molecule has 0 saturated carbocycles. The van der Waals surface area contributed by atoms with Gasteiger partial charge in [0.15, 0.2) is 0 Å². The number of aliphatic hydroxyl groups is 1. The predicted octanol–water partition coefficient (Wildman–Crippen LogP) is 2.37. The summed E-state index contributed by atoms with van der Waals surface area (Å²) in [5.41, 5.74) is -0.117. The fraction of sp³-hybridized carbons (Fsp3) is 0.500. The lowest BCUT2D eigenvalue weighted by Crippen LogP contribution is -2.43. The fourth-order valence-corrected chi connectivity index (χ4v) is 2.38. The van der Waals surface area contributed by atoms with Crippen LogP contribution in [0.25, 0.3) is 0 Å². The Labute approximate surface area is 120 Å². The van der Waals surface area contributed by atoms with Gasteiger partial charge >= 0.3 is 12.2 Å². The zero-order chi connectivity index (χ0) is 15.5. The van der Waals surface area contributed by atoms with Crippen LogP contribution >= 0.6 is 0 Å². The number of hydrogen-bond donors (Lipinski definition) is 2. The standard InChI is InChI=1S/C14H17F3N2O2/c15-14(16,17)11-5-3-10(4-6-11)8-18-13(21)19-7-1-2-12(19)9-20/h3-6,12,20H,1-2,7-9H2,(H,18,21). The van der Waals surface area contributed by atoms with Gasteiger partial charge in [0.05, 0.1) is 18.2 Å². The molecule has 0 spiro atoms. The topological polar surface area (TPSA) is 52.6 Å². The number of nitrogens with zero attached hydrogens (tertiary/aromatic N) is 1. The number of urea groups is 1. The fourth-order valence-electron chi connectivity index (χ4n) is 2.38. The molecule has 1 heterocycles. The molecule has 1 unspecified atom stereocenters. The van der Waals surface area contributed by atoms with Crippen molar-refractivity contribution in [3.05, 3.63) is 35.4 Å². The summed E-state index contributed by atoms with van der Waals surface area (Å²) < 4.78 is 37.3. The maximum atomic E-state index is 12.4. The van der Waals surface area contributed by atoms with E-state index in [0.717, 1.165) is 25.0 Å². The number of amides is 2. The van der Waals surface area contributed by atoms with Crippen LogP contribution in [0.2, 0.25) is 0 Å². The Balaban J connectivity index is 1.89. The van der Waals surface area contributed by atoms with Gasteiger partial charge in [-0.25, -0.2) is 4.79 Å². The number of nitrogens with one attached hydrogen (secondary N) is 1. The van der Waals surface area contributed by atoms with Crippen LogP contribution in [0.5, 0.6) is 0 Å². The lowest BCUT2D eigenvalue weighted by Gasteiger charge is -2.23. The predicted molar refractivity (Wildman–Crippen MR) is 70.5 cm³/mol. The van der Waals surface area contributed by atoms with Crippen LogP contribution in [-0.4, -0.2) is 35.2 Å². The highest BCUT2D eigenvalue weighted by Gasteiger charge is 2.30. The van der Waals surface area contributed by atoms with Crippen molar-refractivity contribution in [2.75, 3.05) is 13.2 Å². The molecule has 4 nitrogen and oxygen atoms in total. The summed E-state index contributed by atoms with van der Waals surface area (Å²) in [5.74, 6) is 0. The summed E-state index contributed by atoms with van der Waals surface area (Å²) in [6.45, 7) is 0.670. The van der Waals surface area contributed by atoms with Gasteiger partial charge in [0.2, 0.25) is 0 Å². The maximum Gasteiger partial charge on any atom is 0.416 e. The van der Waals surface area contributed by atoms with Crippen molar-refractivity contribution in [1.29, 1.82) is 0 Å². The molecule has 21 heavy (non-hydrogen) atoms. The number of likely N-dealkylation sites (tertiary alicyclic amines) is 1. The van der Waals surface area contributed by atoms with Crippen LogP contribution in [0.1, 0.15) is 24.0 Å². The third-order valence-electron chi connectivity index (χ3n) is 3.57. The average molecular weight is 302 g/mol. The summed E-state index contributed by atoms with van der Waals surface area (Å²) in [7, 11) is 0. The molecule has 1 aliphatic rings. The van der Waals surface area contributed by atoms with Crippen LogP contribution in [0, 0.1) is 0 Å². The third-order valence-corrected chi connectivity index (χ3v) is 3.57. The van der Waals surface area contributed by atoms with Gasteiger partial charge in [-0.05, 0) is 30.5 Å². The molecule has 0 radical (unpaired) electrons. The summed E-state index contributed by atoms with van der Waals surface area (Å²) in [6.07, 6.45) is -2.74. The Kier molecular flexibility index (Phi) is 4.72. The summed E-state index contributed by atoms with van der Waals surface area (Å²) in [6, 6.07) is 4.21. The molecule has 2 amide bonds. The molecule has 0 aliphatic carbocycles. The van der Waals surface area contributed by atoms with Gasteiger partial charge in [0.25, 0.3) is 0 Å². The lowest BCUT2D eigenvalue weighted by atomic mass is 10.1. The Morgan fingerprint density at radius 1 is 1.33 bits per heavy atom. The van der Waals surface area contributed by atoms with Crippen LogP contribution < -0.4 is 5.32 Å². The molecule has 1 aromatic carbocycles.